The van der Waals surface area contributed by atoms with Crippen LogP contribution in [0, 0.1) is 0 Å². The molecule has 0 saturated heterocycles. The molecule has 0 aliphatic rings. The molecule has 4 aromatic rings. The predicted molar refractivity (Wildman–Crippen MR) is 91.1 cm³/mol. The molecule has 0 bridgehead atoms. The maximum Gasteiger partial charge on any atom is 0.0995 e. The summed E-state index contributed by atoms with van der Waals surface area (Å²) in [5, 5.41) is 0.740. The Labute approximate surface area is 133 Å². The molecule has 0 aliphatic carbocycles. The van der Waals surface area contributed by atoms with Crippen molar-refractivity contribution in [2.45, 2.75) is 0 Å². The van der Waals surface area contributed by atoms with Crippen LogP contribution in [0.5, 0.6) is 0 Å². The van der Waals surface area contributed by atoms with Crippen LogP contribution in [0.3, 0.4) is 0 Å². The summed E-state index contributed by atoms with van der Waals surface area (Å²) in [6.45, 7) is 0. The van der Waals surface area contributed by atoms with Crippen LogP contribution in [0.1, 0.15) is 0 Å². The molecule has 0 spiro atoms. The van der Waals surface area contributed by atoms with Crippen molar-refractivity contribution in [3.05, 3.63) is 84.3 Å². The fourth-order valence-corrected chi connectivity index (χ4v) is 2.89. The lowest BCUT2D eigenvalue weighted by Crippen LogP contribution is -1.90. The number of hydrogen-bond acceptors (Lipinski definition) is 1. The first-order chi connectivity index (χ1) is 10.8. The first kappa shape index (κ1) is 13.1. The standard InChI is InChI=1S/C19H13ClN2/c20-16-8-6-15(7-9-16)19-18(14-4-2-1-3-5-14)12-17-10-11-21-13-22(17)19/h1-13H. The molecule has 106 valence electrons. The Morgan fingerprint density at radius 1 is 0.818 bits per heavy atom. The third-order valence-corrected chi connectivity index (χ3v) is 4.03. The SMILES string of the molecule is Clc1ccc(-c2c(-c3ccccc3)cc3ccncn23)cc1. The average Bonchev–Trinajstić information content (AvgIpc) is 2.96. The molecule has 0 amide bonds. The molecule has 2 aromatic heterocycles. The Kier molecular flexibility index (Phi) is 3.17. The molecule has 0 saturated carbocycles. The van der Waals surface area contributed by atoms with E-state index in [0.717, 1.165) is 21.8 Å². The largest absolute Gasteiger partial charge is 0.300 e. The summed E-state index contributed by atoms with van der Waals surface area (Å²) in [4.78, 5) is 4.26. The number of fused-ring (bicyclic) bond motifs is 1. The van der Waals surface area contributed by atoms with Gasteiger partial charge in [0.2, 0.25) is 0 Å². The van der Waals surface area contributed by atoms with Crippen LogP contribution in [-0.2, 0) is 0 Å². The summed E-state index contributed by atoms with van der Waals surface area (Å²) in [6, 6.07) is 22.5. The molecule has 3 heteroatoms. The van der Waals surface area contributed by atoms with Gasteiger partial charge in [-0.2, -0.15) is 0 Å². The van der Waals surface area contributed by atoms with Gasteiger partial charge in [0.25, 0.3) is 0 Å². The van der Waals surface area contributed by atoms with Crippen LogP contribution in [0.4, 0.5) is 0 Å². The van der Waals surface area contributed by atoms with E-state index >= 15 is 0 Å². The summed E-state index contributed by atoms with van der Waals surface area (Å²) in [5.41, 5.74) is 5.76. The zero-order chi connectivity index (χ0) is 14.9. The van der Waals surface area contributed by atoms with Crippen molar-refractivity contribution in [3.8, 4) is 22.4 Å². The van der Waals surface area contributed by atoms with Crippen molar-refractivity contribution < 1.29 is 0 Å². The van der Waals surface area contributed by atoms with Gasteiger partial charge >= 0.3 is 0 Å². The van der Waals surface area contributed by atoms with Crippen LogP contribution in [-0.4, -0.2) is 9.38 Å². The highest BCUT2D eigenvalue weighted by atomic mass is 35.5. The minimum Gasteiger partial charge on any atom is -0.300 e. The monoisotopic (exact) mass is 304 g/mol. The lowest BCUT2D eigenvalue weighted by atomic mass is 10.0. The average molecular weight is 305 g/mol. The molecule has 4 rings (SSSR count). The number of benzene rings is 2. The van der Waals surface area contributed by atoms with Crippen LogP contribution < -0.4 is 0 Å². The second-order valence-electron chi connectivity index (χ2n) is 5.15. The first-order valence-electron chi connectivity index (χ1n) is 7.09. The molecule has 0 fully saturated rings. The maximum atomic E-state index is 6.03. The lowest BCUT2D eigenvalue weighted by Gasteiger charge is -2.07. The van der Waals surface area contributed by atoms with Gasteiger partial charge in [-0.15, -0.1) is 0 Å². The van der Waals surface area contributed by atoms with E-state index in [2.05, 4.69) is 39.7 Å². The molecule has 0 unspecified atom stereocenters. The molecule has 22 heavy (non-hydrogen) atoms. The van der Waals surface area contributed by atoms with E-state index in [1.165, 1.54) is 11.1 Å². The van der Waals surface area contributed by atoms with E-state index < -0.39 is 0 Å². The van der Waals surface area contributed by atoms with Crippen LogP contribution >= 0.6 is 11.6 Å². The molecule has 2 heterocycles. The second-order valence-corrected chi connectivity index (χ2v) is 5.59. The minimum atomic E-state index is 0.740. The topological polar surface area (TPSA) is 17.3 Å². The normalized spacial score (nSPS) is 11.0. The maximum absolute atomic E-state index is 6.03. The third kappa shape index (κ3) is 2.18. The number of nitrogens with zero attached hydrogens (tertiary/aromatic N) is 2. The fraction of sp³-hybridized carbons (Fsp3) is 0. The van der Waals surface area contributed by atoms with Crippen molar-refractivity contribution in [3.63, 3.8) is 0 Å². The van der Waals surface area contributed by atoms with E-state index in [1.54, 1.807) is 0 Å². The fourth-order valence-electron chi connectivity index (χ4n) is 2.76. The van der Waals surface area contributed by atoms with Crippen LogP contribution in [0.2, 0.25) is 5.02 Å². The third-order valence-electron chi connectivity index (χ3n) is 3.78. The quantitative estimate of drug-likeness (QED) is 0.490. The summed E-state index contributed by atoms with van der Waals surface area (Å²) >= 11 is 6.03. The van der Waals surface area contributed by atoms with Crippen LogP contribution in [0.25, 0.3) is 27.9 Å². The van der Waals surface area contributed by atoms with Crippen molar-refractivity contribution in [2.75, 3.05) is 0 Å². The van der Waals surface area contributed by atoms with Gasteiger partial charge in [0.05, 0.1) is 12.0 Å². The first-order valence-corrected chi connectivity index (χ1v) is 7.47. The molecule has 0 N–H and O–H groups in total. The van der Waals surface area contributed by atoms with E-state index in [4.69, 9.17) is 11.6 Å². The smallest absolute Gasteiger partial charge is 0.0995 e. The van der Waals surface area contributed by atoms with Crippen molar-refractivity contribution in [2.24, 2.45) is 0 Å². The van der Waals surface area contributed by atoms with Gasteiger partial charge in [-0.1, -0.05) is 54.1 Å². The Balaban J connectivity index is 2.04. The molecular weight excluding hydrogens is 292 g/mol. The van der Waals surface area contributed by atoms with Gasteiger partial charge < -0.3 is 0 Å². The Bertz CT molecular complexity index is 925. The Morgan fingerprint density at radius 3 is 2.36 bits per heavy atom. The van der Waals surface area contributed by atoms with E-state index in [-0.39, 0.29) is 0 Å². The molecule has 0 radical (unpaired) electrons. The highest BCUT2D eigenvalue weighted by molar-refractivity contribution is 6.30. The van der Waals surface area contributed by atoms with Crippen molar-refractivity contribution in [1.29, 1.82) is 0 Å². The summed E-state index contributed by atoms with van der Waals surface area (Å²) in [5.74, 6) is 0. The van der Waals surface area contributed by atoms with E-state index in [1.807, 2.05) is 48.9 Å². The molecule has 2 aromatic carbocycles. The highest BCUT2D eigenvalue weighted by Gasteiger charge is 2.13. The number of rotatable bonds is 2. The zero-order valence-electron chi connectivity index (χ0n) is 11.8. The predicted octanol–water partition coefficient (Wildman–Crippen LogP) is 5.32. The van der Waals surface area contributed by atoms with Crippen molar-refractivity contribution in [1.82, 2.24) is 9.38 Å². The van der Waals surface area contributed by atoms with E-state index in [9.17, 15) is 0 Å². The van der Waals surface area contributed by atoms with Gasteiger partial charge in [-0.3, -0.25) is 4.40 Å². The van der Waals surface area contributed by atoms with E-state index in [0.29, 0.717) is 0 Å². The van der Waals surface area contributed by atoms with Gasteiger partial charge in [0, 0.05) is 22.3 Å². The van der Waals surface area contributed by atoms with Gasteiger partial charge in [-0.05, 0) is 35.4 Å². The minimum absolute atomic E-state index is 0.740. The lowest BCUT2D eigenvalue weighted by molar-refractivity contribution is 1.10. The Hall–Kier alpha value is -2.58. The highest BCUT2D eigenvalue weighted by Crippen LogP contribution is 2.35. The Morgan fingerprint density at radius 2 is 1.59 bits per heavy atom. The van der Waals surface area contributed by atoms with Gasteiger partial charge in [-0.25, -0.2) is 4.98 Å². The van der Waals surface area contributed by atoms with Gasteiger partial charge in [0.15, 0.2) is 0 Å². The molecule has 0 aliphatic heterocycles. The number of hydrogen-bond donors (Lipinski definition) is 0. The number of halogens is 1. The van der Waals surface area contributed by atoms with Crippen LogP contribution in [0.15, 0.2) is 79.3 Å². The summed E-state index contributed by atoms with van der Waals surface area (Å²) in [7, 11) is 0. The summed E-state index contributed by atoms with van der Waals surface area (Å²) < 4.78 is 2.12. The molecule has 2 nitrogen and oxygen atoms in total. The van der Waals surface area contributed by atoms with Gasteiger partial charge in [0.1, 0.15) is 0 Å². The summed E-state index contributed by atoms with van der Waals surface area (Å²) in [6.07, 6.45) is 3.67. The molecular formula is C19H13ClN2. The zero-order valence-corrected chi connectivity index (χ0v) is 12.5. The number of aromatic nitrogens is 2. The van der Waals surface area contributed by atoms with Crippen molar-refractivity contribution >= 4 is 17.1 Å². The molecule has 0 atom stereocenters. The second kappa shape index (κ2) is 5.32.